The van der Waals surface area contributed by atoms with Gasteiger partial charge in [0, 0.05) is 51.3 Å². The number of hydroxylamine groups is 2. The van der Waals surface area contributed by atoms with E-state index in [1.165, 1.54) is 22.9 Å². The lowest BCUT2D eigenvalue weighted by atomic mass is 10.0. The van der Waals surface area contributed by atoms with Crippen LogP contribution < -0.4 is 5.32 Å². The molecule has 5 nitrogen and oxygen atoms in total. The van der Waals surface area contributed by atoms with Gasteiger partial charge < -0.3 is 9.88 Å². The normalized spacial score (nSPS) is 11.9. The minimum Gasteiger partial charge on any atom is -0.339 e. The van der Waals surface area contributed by atoms with Gasteiger partial charge in [0.15, 0.2) is 0 Å². The molecule has 7 heteroatoms. The SMILES string of the molecule is CNC(=O)N(O)CCc1c(SC(C)(C)C)c2cc(C(C)C)ccc2n1Cc1ccc(Cl)cc1. The quantitative estimate of drug-likeness (QED) is 0.216. The highest BCUT2D eigenvalue weighted by molar-refractivity contribution is 8.00. The van der Waals surface area contributed by atoms with E-state index < -0.39 is 6.03 Å². The molecule has 2 aromatic carbocycles. The summed E-state index contributed by atoms with van der Waals surface area (Å²) in [6.07, 6.45) is 0.529. The van der Waals surface area contributed by atoms with Crippen molar-refractivity contribution in [3.8, 4) is 0 Å². The number of nitrogens with one attached hydrogen (secondary N) is 1. The summed E-state index contributed by atoms with van der Waals surface area (Å²) in [6.45, 7) is 11.9. The van der Waals surface area contributed by atoms with Crippen molar-refractivity contribution in [3.63, 3.8) is 0 Å². The summed E-state index contributed by atoms with van der Waals surface area (Å²) < 4.78 is 2.32. The molecule has 0 aliphatic heterocycles. The molecule has 0 atom stereocenters. The van der Waals surface area contributed by atoms with E-state index in [2.05, 4.69) is 62.7 Å². The molecular formula is C26H34ClN3O2S. The Labute approximate surface area is 206 Å². The number of urea groups is 1. The number of rotatable bonds is 7. The maximum absolute atomic E-state index is 11.9. The van der Waals surface area contributed by atoms with Crippen LogP contribution in [-0.2, 0) is 13.0 Å². The number of thioether (sulfide) groups is 1. The second kappa shape index (κ2) is 10.4. The lowest BCUT2D eigenvalue weighted by Gasteiger charge is -2.21. The Kier molecular flexibility index (Phi) is 8.04. The van der Waals surface area contributed by atoms with Gasteiger partial charge in [0.25, 0.3) is 0 Å². The van der Waals surface area contributed by atoms with Gasteiger partial charge in [-0.3, -0.25) is 5.21 Å². The molecule has 0 unspecified atom stereocenters. The number of amides is 2. The summed E-state index contributed by atoms with van der Waals surface area (Å²) >= 11 is 7.95. The third kappa shape index (κ3) is 6.25. The highest BCUT2D eigenvalue weighted by Crippen LogP contribution is 2.42. The van der Waals surface area contributed by atoms with Gasteiger partial charge in [-0.2, -0.15) is 0 Å². The number of carbonyl (C=O) groups is 1. The molecule has 0 aliphatic carbocycles. The van der Waals surface area contributed by atoms with Crippen LogP contribution in [0.1, 0.15) is 57.4 Å². The van der Waals surface area contributed by atoms with E-state index in [0.29, 0.717) is 23.9 Å². The molecule has 0 radical (unpaired) electrons. The second-order valence-electron chi connectivity index (χ2n) is 9.56. The molecule has 33 heavy (non-hydrogen) atoms. The van der Waals surface area contributed by atoms with Gasteiger partial charge >= 0.3 is 6.03 Å². The van der Waals surface area contributed by atoms with Gasteiger partial charge in [-0.05, 0) is 41.3 Å². The van der Waals surface area contributed by atoms with Crippen LogP contribution in [0.4, 0.5) is 4.79 Å². The average Bonchev–Trinajstić information content (AvgIpc) is 3.03. The minimum atomic E-state index is -0.512. The van der Waals surface area contributed by atoms with Crippen molar-refractivity contribution in [1.82, 2.24) is 14.9 Å². The van der Waals surface area contributed by atoms with Gasteiger partial charge in [-0.1, -0.05) is 64.4 Å². The molecular weight excluding hydrogens is 454 g/mol. The summed E-state index contributed by atoms with van der Waals surface area (Å²) in [5.41, 5.74) is 4.71. The van der Waals surface area contributed by atoms with Crippen molar-refractivity contribution < 1.29 is 10.0 Å². The molecule has 0 saturated carbocycles. The number of hydrogen-bond donors (Lipinski definition) is 2. The molecule has 0 fully saturated rings. The largest absolute Gasteiger partial charge is 0.340 e. The molecule has 3 rings (SSSR count). The van der Waals surface area contributed by atoms with E-state index in [-0.39, 0.29) is 11.3 Å². The lowest BCUT2D eigenvalue weighted by Crippen LogP contribution is -2.37. The Morgan fingerprint density at radius 2 is 1.85 bits per heavy atom. The Hall–Kier alpha value is -2.15. The molecule has 0 aliphatic rings. The number of fused-ring (bicyclic) bond motifs is 1. The molecule has 3 aromatic rings. The number of aromatic nitrogens is 1. The summed E-state index contributed by atoms with van der Waals surface area (Å²) in [5, 5.41) is 15.3. The smallest absolute Gasteiger partial charge is 0.339 e. The molecule has 2 N–H and O–H groups in total. The Balaban J connectivity index is 2.18. The first-order valence-electron chi connectivity index (χ1n) is 11.3. The zero-order valence-electron chi connectivity index (χ0n) is 20.3. The lowest BCUT2D eigenvalue weighted by molar-refractivity contribution is -0.0416. The van der Waals surface area contributed by atoms with E-state index in [4.69, 9.17) is 11.6 Å². The van der Waals surface area contributed by atoms with Gasteiger partial charge in [0.1, 0.15) is 0 Å². The van der Waals surface area contributed by atoms with E-state index >= 15 is 0 Å². The zero-order chi connectivity index (χ0) is 24.3. The molecule has 2 amide bonds. The fraction of sp³-hybridized carbons (Fsp3) is 0.423. The number of nitrogens with zero attached hydrogens (tertiary/aromatic N) is 2. The summed E-state index contributed by atoms with van der Waals surface area (Å²) in [4.78, 5) is 13.1. The number of benzene rings is 2. The topological polar surface area (TPSA) is 57.5 Å². The fourth-order valence-corrected chi connectivity index (χ4v) is 5.16. The first-order valence-corrected chi connectivity index (χ1v) is 12.5. The highest BCUT2D eigenvalue weighted by atomic mass is 35.5. The van der Waals surface area contributed by atoms with Crippen LogP contribution in [0.2, 0.25) is 5.02 Å². The van der Waals surface area contributed by atoms with Crippen LogP contribution in [0, 0.1) is 0 Å². The van der Waals surface area contributed by atoms with Crippen molar-refractivity contribution in [3.05, 3.63) is 64.3 Å². The maximum atomic E-state index is 11.9. The van der Waals surface area contributed by atoms with Crippen LogP contribution >= 0.6 is 23.4 Å². The zero-order valence-corrected chi connectivity index (χ0v) is 21.8. The summed E-state index contributed by atoms with van der Waals surface area (Å²) in [5.74, 6) is 0.422. The van der Waals surface area contributed by atoms with Gasteiger partial charge in [-0.15, -0.1) is 11.8 Å². The first-order chi connectivity index (χ1) is 15.5. The highest BCUT2D eigenvalue weighted by Gasteiger charge is 2.24. The van der Waals surface area contributed by atoms with Crippen LogP contribution in [0.3, 0.4) is 0 Å². The fourth-order valence-electron chi connectivity index (χ4n) is 3.82. The van der Waals surface area contributed by atoms with E-state index in [9.17, 15) is 10.0 Å². The number of carbonyl (C=O) groups excluding carboxylic acids is 1. The van der Waals surface area contributed by atoms with Crippen LogP contribution in [0.15, 0.2) is 47.4 Å². The van der Waals surface area contributed by atoms with Crippen molar-refractivity contribution in [2.45, 2.75) is 63.1 Å². The average molecular weight is 488 g/mol. The van der Waals surface area contributed by atoms with Gasteiger partial charge in [0.05, 0.1) is 6.54 Å². The van der Waals surface area contributed by atoms with E-state index in [0.717, 1.165) is 21.8 Å². The minimum absolute atomic E-state index is 0.00165. The monoisotopic (exact) mass is 487 g/mol. The van der Waals surface area contributed by atoms with Crippen LogP contribution in [-0.4, -0.2) is 39.2 Å². The Morgan fingerprint density at radius 1 is 1.18 bits per heavy atom. The first kappa shape index (κ1) is 25.5. The summed E-state index contributed by atoms with van der Waals surface area (Å²) in [7, 11) is 1.51. The number of hydrogen-bond acceptors (Lipinski definition) is 3. The molecule has 0 bridgehead atoms. The van der Waals surface area contributed by atoms with Crippen LogP contribution in [0.25, 0.3) is 10.9 Å². The van der Waals surface area contributed by atoms with Crippen molar-refractivity contribution >= 4 is 40.3 Å². The van der Waals surface area contributed by atoms with E-state index in [1.54, 1.807) is 0 Å². The van der Waals surface area contributed by atoms with Crippen molar-refractivity contribution in [1.29, 1.82) is 0 Å². The molecule has 1 heterocycles. The standard InChI is InChI=1S/C26H34ClN3O2S/c1-17(2)19-9-12-22-21(15-19)24(33-26(3,4)5)23(13-14-30(32)25(31)28-6)29(22)16-18-7-10-20(27)11-8-18/h7-12,15,17,32H,13-14,16H2,1-6H3,(H,28,31). The third-order valence-electron chi connectivity index (χ3n) is 5.48. The molecule has 1 aromatic heterocycles. The predicted molar refractivity (Wildman–Crippen MR) is 139 cm³/mol. The van der Waals surface area contributed by atoms with Crippen LogP contribution in [0.5, 0.6) is 0 Å². The van der Waals surface area contributed by atoms with Crippen molar-refractivity contribution in [2.75, 3.05) is 13.6 Å². The van der Waals surface area contributed by atoms with Crippen molar-refractivity contribution in [2.24, 2.45) is 0 Å². The number of halogens is 1. The maximum Gasteiger partial charge on any atom is 0.340 e. The molecule has 0 spiro atoms. The van der Waals surface area contributed by atoms with Gasteiger partial charge in [-0.25, -0.2) is 9.86 Å². The third-order valence-corrected chi connectivity index (χ3v) is 7.01. The molecule has 178 valence electrons. The van der Waals surface area contributed by atoms with Gasteiger partial charge in [0.2, 0.25) is 0 Å². The summed E-state index contributed by atoms with van der Waals surface area (Å²) in [6, 6.07) is 14.1. The molecule has 0 saturated heterocycles. The second-order valence-corrected chi connectivity index (χ2v) is 11.8. The van der Waals surface area contributed by atoms with E-state index in [1.807, 2.05) is 36.0 Å². The predicted octanol–water partition coefficient (Wildman–Crippen LogP) is 6.93. The Bertz CT molecular complexity index is 1120. The Morgan fingerprint density at radius 3 is 2.42 bits per heavy atom.